The third kappa shape index (κ3) is 4.69. The number of hydrogen-bond acceptors (Lipinski definition) is 2. The van der Waals surface area contributed by atoms with Gasteiger partial charge in [-0.2, -0.15) is 0 Å². The van der Waals surface area contributed by atoms with Crippen LogP contribution < -0.4 is 26.2 Å². The van der Waals surface area contributed by atoms with E-state index in [4.69, 9.17) is 0 Å². The summed E-state index contributed by atoms with van der Waals surface area (Å²) in [6, 6.07) is 84.3. The first kappa shape index (κ1) is 35.1. The van der Waals surface area contributed by atoms with E-state index in [0.717, 1.165) is 5.69 Å². The highest BCUT2D eigenvalue weighted by Crippen LogP contribution is 2.51. The van der Waals surface area contributed by atoms with Crippen LogP contribution in [-0.4, -0.2) is 6.71 Å². The molecule has 15 rings (SSSR count). The van der Waals surface area contributed by atoms with E-state index in [1.807, 2.05) is 0 Å². The second-order valence-corrected chi connectivity index (χ2v) is 17.9. The Hall–Kier alpha value is -8.40. The predicted molar refractivity (Wildman–Crippen MR) is 281 cm³/mol. The lowest BCUT2D eigenvalue weighted by atomic mass is 9.33. The molecule has 0 fully saturated rings. The molecule has 0 saturated carbocycles. The van der Waals surface area contributed by atoms with Crippen LogP contribution in [0.15, 0.2) is 224 Å². The monoisotopic (exact) mass is 820 g/mol. The van der Waals surface area contributed by atoms with Gasteiger partial charge < -0.3 is 9.80 Å². The van der Waals surface area contributed by atoms with Crippen molar-refractivity contribution in [2.45, 2.75) is 0 Å². The second kappa shape index (κ2) is 13.1. The highest BCUT2D eigenvalue weighted by molar-refractivity contribution is 7.00. The molecule has 0 N–H and O–H groups in total. The van der Waals surface area contributed by atoms with Crippen molar-refractivity contribution in [2.24, 2.45) is 0 Å². The molecule has 65 heavy (non-hydrogen) atoms. The Kier molecular flexibility index (Phi) is 7.06. The maximum absolute atomic E-state index is 2.63. The van der Waals surface area contributed by atoms with Crippen LogP contribution in [-0.2, 0) is 0 Å². The molecule has 0 bridgehead atoms. The average Bonchev–Trinajstić information content (AvgIpc) is 3.38. The minimum absolute atomic E-state index is 0.00862. The average molecular weight is 821 g/mol. The molecule has 0 atom stereocenters. The summed E-state index contributed by atoms with van der Waals surface area (Å²) in [5, 5.41) is 20.3. The first-order chi connectivity index (χ1) is 32.3. The zero-order valence-electron chi connectivity index (χ0n) is 35.3. The van der Waals surface area contributed by atoms with Crippen molar-refractivity contribution < 1.29 is 0 Å². The summed E-state index contributed by atoms with van der Waals surface area (Å²) in [5.41, 5.74) is 11.2. The summed E-state index contributed by atoms with van der Waals surface area (Å²) < 4.78 is 0. The fraction of sp³-hybridized carbons (Fsp3) is 0. The van der Waals surface area contributed by atoms with E-state index in [0.29, 0.717) is 0 Å². The van der Waals surface area contributed by atoms with Crippen LogP contribution in [0.25, 0.3) is 86.2 Å². The smallest absolute Gasteiger partial charge is 0.252 e. The Morgan fingerprint density at radius 1 is 0.262 bits per heavy atom. The maximum Gasteiger partial charge on any atom is 0.252 e. The Balaban J connectivity index is 1.08. The Morgan fingerprint density at radius 3 is 1.20 bits per heavy atom. The van der Waals surface area contributed by atoms with E-state index in [2.05, 4.69) is 234 Å². The van der Waals surface area contributed by atoms with Crippen LogP contribution in [0.1, 0.15) is 0 Å². The molecule has 298 valence electrons. The fourth-order valence-electron chi connectivity index (χ4n) is 12.1. The van der Waals surface area contributed by atoms with Crippen LogP contribution in [0.3, 0.4) is 0 Å². The molecule has 2 nitrogen and oxygen atoms in total. The third-order valence-electron chi connectivity index (χ3n) is 14.7. The van der Waals surface area contributed by atoms with Gasteiger partial charge >= 0.3 is 0 Å². The summed E-state index contributed by atoms with van der Waals surface area (Å²) in [7, 11) is 0. The number of anilines is 6. The van der Waals surface area contributed by atoms with Gasteiger partial charge in [0.2, 0.25) is 0 Å². The van der Waals surface area contributed by atoms with Gasteiger partial charge in [0.25, 0.3) is 6.71 Å². The summed E-state index contributed by atoms with van der Waals surface area (Å²) in [6.45, 7) is -0.00862. The van der Waals surface area contributed by atoms with Crippen LogP contribution in [0.4, 0.5) is 34.1 Å². The Bertz CT molecular complexity index is 4150. The zero-order chi connectivity index (χ0) is 42.3. The molecule has 2 aliphatic rings. The van der Waals surface area contributed by atoms with E-state index < -0.39 is 0 Å². The van der Waals surface area contributed by atoms with E-state index in [1.165, 1.54) is 131 Å². The van der Waals surface area contributed by atoms with Gasteiger partial charge in [-0.3, -0.25) is 0 Å². The minimum atomic E-state index is -0.00862. The van der Waals surface area contributed by atoms with Gasteiger partial charge in [-0.05, 0) is 117 Å². The lowest BCUT2D eigenvalue weighted by Gasteiger charge is -2.45. The highest BCUT2D eigenvalue weighted by atomic mass is 15.2. The molecule has 2 heterocycles. The molecule has 0 spiro atoms. The molecule has 0 unspecified atom stereocenters. The van der Waals surface area contributed by atoms with Gasteiger partial charge in [0, 0.05) is 44.6 Å². The topological polar surface area (TPSA) is 6.48 Å². The van der Waals surface area contributed by atoms with Gasteiger partial charge in [-0.15, -0.1) is 0 Å². The first-order valence-corrected chi connectivity index (χ1v) is 22.7. The molecule has 2 aliphatic heterocycles. The first-order valence-electron chi connectivity index (χ1n) is 22.7. The number of rotatable bonds is 2. The SMILES string of the molecule is c1cc2c3c(c1)N(c1cccc4c5ccccc5c5ccccc5c14)c1c(ccc4ccccc14)B3c1ccc3ccccc3c1N2c1ccc2c3ccccc3c3ccccc3c2c1. The molecule has 0 aromatic heterocycles. The van der Waals surface area contributed by atoms with Gasteiger partial charge in [-0.1, -0.05) is 194 Å². The summed E-state index contributed by atoms with van der Waals surface area (Å²) in [5.74, 6) is 0. The predicted octanol–water partition coefficient (Wildman–Crippen LogP) is 15.0. The largest absolute Gasteiger partial charge is 0.311 e. The third-order valence-corrected chi connectivity index (χ3v) is 14.7. The van der Waals surface area contributed by atoms with Crippen molar-refractivity contribution in [3.63, 3.8) is 0 Å². The van der Waals surface area contributed by atoms with Crippen LogP contribution >= 0.6 is 0 Å². The second-order valence-electron chi connectivity index (χ2n) is 17.9. The quantitative estimate of drug-likeness (QED) is 0.127. The molecule has 0 aliphatic carbocycles. The summed E-state index contributed by atoms with van der Waals surface area (Å²) >= 11 is 0. The van der Waals surface area contributed by atoms with E-state index in [-0.39, 0.29) is 6.71 Å². The van der Waals surface area contributed by atoms with Gasteiger partial charge in [-0.25, -0.2) is 0 Å². The normalized spacial score (nSPS) is 13.1. The molecule has 13 aromatic rings. The van der Waals surface area contributed by atoms with Crippen molar-refractivity contribution >= 4 is 143 Å². The number of fused-ring (bicyclic) bond motifs is 20. The molecular weight excluding hydrogens is 784 g/mol. The highest BCUT2D eigenvalue weighted by Gasteiger charge is 2.44. The molecule has 0 radical (unpaired) electrons. The number of benzene rings is 13. The van der Waals surface area contributed by atoms with Crippen molar-refractivity contribution in [1.29, 1.82) is 0 Å². The van der Waals surface area contributed by atoms with Crippen LogP contribution in [0.2, 0.25) is 0 Å². The van der Waals surface area contributed by atoms with E-state index >= 15 is 0 Å². The molecule has 13 aromatic carbocycles. The van der Waals surface area contributed by atoms with Gasteiger partial charge in [0.05, 0.1) is 5.69 Å². The fourth-order valence-corrected chi connectivity index (χ4v) is 12.1. The lowest BCUT2D eigenvalue weighted by molar-refractivity contribution is 1.28. The van der Waals surface area contributed by atoms with Crippen LogP contribution in [0, 0.1) is 0 Å². The van der Waals surface area contributed by atoms with E-state index in [1.54, 1.807) is 0 Å². The lowest BCUT2D eigenvalue weighted by Crippen LogP contribution is -2.61. The minimum Gasteiger partial charge on any atom is -0.311 e. The van der Waals surface area contributed by atoms with Gasteiger partial charge in [0.1, 0.15) is 0 Å². The molecule has 3 heteroatoms. The van der Waals surface area contributed by atoms with Crippen molar-refractivity contribution in [3.05, 3.63) is 224 Å². The van der Waals surface area contributed by atoms with Crippen molar-refractivity contribution in [3.8, 4) is 0 Å². The Morgan fingerprint density at radius 2 is 0.646 bits per heavy atom. The number of nitrogens with zero attached hydrogens (tertiary/aromatic N) is 2. The summed E-state index contributed by atoms with van der Waals surface area (Å²) in [4.78, 5) is 5.22. The van der Waals surface area contributed by atoms with Crippen molar-refractivity contribution in [1.82, 2.24) is 0 Å². The summed E-state index contributed by atoms with van der Waals surface area (Å²) in [6.07, 6.45) is 0. The van der Waals surface area contributed by atoms with Crippen molar-refractivity contribution in [2.75, 3.05) is 9.80 Å². The molecule has 0 amide bonds. The maximum atomic E-state index is 2.63. The van der Waals surface area contributed by atoms with E-state index in [9.17, 15) is 0 Å². The van der Waals surface area contributed by atoms with Crippen LogP contribution in [0.5, 0.6) is 0 Å². The number of hydrogen-bond donors (Lipinski definition) is 0. The zero-order valence-corrected chi connectivity index (χ0v) is 35.3. The molecule has 0 saturated heterocycles. The molecular formula is C62H37BN2. The standard InChI is InChI=1S/C62H37BN2/c1-3-17-41-38(15-1)31-35-54-61(41)64(40-33-34-50-45-21-6-5-19-43(45)44-20-8-10-25-49(44)53(50)37-40)57-29-14-30-58-60(57)63(54)55-36-32-39-16-2-4-18-42(39)62(55)65(58)56-28-13-27-52-48-23-9-7-22-46(48)47-24-11-12-26-51(47)59(52)56/h1-37H. The Labute approximate surface area is 375 Å². The van der Waals surface area contributed by atoms with Gasteiger partial charge in [0.15, 0.2) is 0 Å².